The molecule has 0 bridgehead atoms. The smallest absolute Gasteiger partial charge is 0.348 e. The van der Waals surface area contributed by atoms with Gasteiger partial charge >= 0.3 is 11.7 Å². The zero-order chi connectivity index (χ0) is 17.2. The normalized spacial score (nSPS) is 11.7. The molecule has 124 valence electrons. The number of methoxy groups -OCH3 is 1. The first kappa shape index (κ1) is 17.2. The number of aryl methyl sites for hydroxylation is 2. The first-order valence-corrected chi connectivity index (χ1v) is 10.1. The van der Waals surface area contributed by atoms with Gasteiger partial charge in [-0.1, -0.05) is 12.0 Å². The van der Waals surface area contributed by atoms with Crippen molar-refractivity contribution in [1.29, 1.82) is 0 Å². The summed E-state index contributed by atoms with van der Waals surface area (Å²) in [4.78, 5) is 12.2. The SMILES string of the molecule is COc1nn(C)c(=O)n1Cc1cc(C#CS(C)(C)C)ccc1C. The first-order chi connectivity index (χ1) is 10.7. The number of benzene rings is 1. The minimum atomic E-state index is -0.868. The van der Waals surface area contributed by atoms with E-state index in [1.807, 2.05) is 25.1 Å². The standard InChI is InChI=1S/C17H23N3O2S/c1-13-7-8-14(9-10-23(4,5)6)11-15(13)12-20-16(22-3)18-19(2)17(20)21/h7-8,11H,12H2,1-6H3. The molecule has 0 radical (unpaired) electrons. The van der Waals surface area contributed by atoms with Crippen LogP contribution in [0.4, 0.5) is 0 Å². The van der Waals surface area contributed by atoms with Crippen molar-refractivity contribution in [3.8, 4) is 17.2 Å². The zero-order valence-electron chi connectivity index (χ0n) is 14.5. The second-order valence-corrected chi connectivity index (χ2v) is 10.1. The van der Waals surface area contributed by atoms with E-state index in [2.05, 4.69) is 35.0 Å². The Kier molecular flexibility index (Phi) is 4.90. The van der Waals surface area contributed by atoms with Crippen molar-refractivity contribution >= 4 is 10.0 Å². The molecular weight excluding hydrogens is 310 g/mol. The second kappa shape index (κ2) is 6.55. The molecule has 0 saturated heterocycles. The lowest BCUT2D eigenvalue weighted by Gasteiger charge is -2.15. The summed E-state index contributed by atoms with van der Waals surface area (Å²) in [5.74, 6) is 3.23. The van der Waals surface area contributed by atoms with Crippen molar-refractivity contribution in [3.05, 3.63) is 45.4 Å². The maximum atomic E-state index is 12.2. The number of aromatic nitrogens is 3. The van der Waals surface area contributed by atoms with Crippen LogP contribution in [-0.4, -0.2) is 40.2 Å². The van der Waals surface area contributed by atoms with Gasteiger partial charge in [-0.25, -0.2) is 14.0 Å². The van der Waals surface area contributed by atoms with Crippen LogP contribution in [0.15, 0.2) is 23.0 Å². The van der Waals surface area contributed by atoms with Gasteiger partial charge < -0.3 is 4.74 Å². The highest BCUT2D eigenvalue weighted by molar-refractivity contribution is 8.35. The van der Waals surface area contributed by atoms with Crippen LogP contribution < -0.4 is 10.4 Å². The summed E-state index contributed by atoms with van der Waals surface area (Å²) in [6, 6.07) is 6.39. The molecule has 1 aromatic heterocycles. The lowest BCUT2D eigenvalue weighted by molar-refractivity contribution is 0.357. The predicted octanol–water partition coefficient (Wildman–Crippen LogP) is 1.95. The molecule has 0 spiro atoms. The molecule has 0 unspecified atom stereocenters. The molecule has 6 heteroatoms. The first-order valence-electron chi connectivity index (χ1n) is 7.19. The van der Waals surface area contributed by atoms with Gasteiger partial charge in [0.25, 0.3) is 0 Å². The van der Waals surface area contributed by atoms with Crippen molar-refractivity contribution in [2.75, 3.05) is 25.9 Å². The molecule has 1 heterocycles. The van der Waals surface area contributed by atoms with Crippen molar-refractivity contribution in [1.82, 2.24) is 14.3 Å². The van der Waals surface area contributed by atoms with E-state index in [-0.39, 0.29) is 5.69 Å². The highest BCUT2D eigenvalue weighted by Gasteiger charge is 2.13. The topological polar surface area (TPSA) is 49.1 Å². The van der Waals surface area contributed by atoms with E-state index in [9.17, 15) is 4.79 Å². The van der Waals surface area contributed by atoms with Gasteiger partial charge in [-0.05, 0) is 54.2 Å². The van der Waals surface area contributed by atoms with Crippen molar-refractivity contribution < 1.29 is 4.74 Å². The van der Waals surface area contributed by atoms with E-state index < -0.39 is 10.0 Å². The number of hydrogen-bond acceptors (Lipinski definition) is 3. The predicted molar refractivity (Wildman–Crippen MR) is 96.5 cm³/mol. The highest BCUT2D eigenvalue weighted by atomic mass is 32.3. The average molecular weight is 333 g/mol. The molecule has 1 aromatic carbocycles. The minimum absolute atomic E-state index is 0.197. The van der Waals surface area contributed by atoms with Gasteiger partial charge in [0, 0.05) is 12.6 Å². The van der Waals surface area contributed by atoms with Crippen LogP contribution in [0.2, 0.25) is 0 Å². The largest absolute Gasteiger partial charge is 0.467 e. The van der Waals surface area contributed by atoms with E-state index in [1.165, 1.54) is 16.4 Å². The monoisotopic (exact) mass is 333 g/mol. The van der Waals surface area contributed by atoms with Crippen molar-refractivity contribution in [3.63, 3.8) is 0 Å². The molecule has 0 fully saturated rings. The van der Waals surface area contributed by atoms with E-state index in [1.54, 1.807) is 7.05 Å². The van der Waals surface area contributed by atoms with Gasteiger partial charge in [-0.3, -0.25) is 0 Å². The molecular formula is C17H23N3O2S. The molecule has 5 nitrogen and oxygen atoms in total. The second-order valence-electron chi connectivity index (χ2n) is 6.18. The van der Waals surface area contributed by atoms with Crippen LogP contribution in [0.5, 0.6) is 6.01 Å². The van der Waals surface area contributed by atoms with E-state index in [0.717, 1.165) is 16.7 Å². The summed E-state index contributed by atoms with van der Waals surface area (Å²) in [5.41, 5.74) is 2.91. The maximum Gasteiger partial charge on any atom is 0.348 e. The fourth-order valence-corrected chi connectivity index (χ4v) is 2.49. The van der Waals surface area contributed by atoms with Crippen LogP contribution in [-0.2, 0) is 13.6 Å². The maximum absolute atomic E-state index is 12.2. The lowest BCUT2D eigenvalue weighted by atomic mass is 10.1. The summed E-state index contributed by atoms with van der Waals surface area (Å²) in [6.07, 6.45) is 6.49. The zero-order valence-corrected chi connectivity index (χ0v) is 15.3. The van der Waals surface area contributed by atoms with Gasteiger partial charge in [-0.15, -0.1) is 5.10 Å². The van der Waals surface area contributed by atoms with Gasteiger partial charge in [0.2, 0.25) is 0 Å². The molecule has 0 aliphatic rings. The van der Waals surface area contributed by atoms with Gasteiger partial charge in [-0.2, -0.15) is 10.0 Å². The van der Waals surface area contributed by atoms with Gasteiger partial charge in [0.05, 0.1) is 13.7 Å². The Hall–Kier alpha value is -2.13. The molecule has 0 aliphatic carbocycles. The highest BCUT2D eigenvalue weighted by Crippen LogP contribution is 2.32. The molecule has 0 aliphatic heterocycles. The number of rotatable bonds is 3. The third-order valence-electron chi connectivity index (χ3n) is 3.34. The van der Waals surface area contributed by atoms with Crippen LogP contribution in [0.1, 0.15) is 16.7 Å². The Balaban J connectivity index is 2.41. The van der Waals surface area contributed by atoms with Crippen LogP contribution >= 0.6 is 10.0 Å². The quantitative estimate of drug-likeness (QED) is 0.807. The molecule has 0 amide bonds. The number of ether oxygens (including phenoxy) is 1. The van der Waals surface area contributed by atoms with Crippen LogP contribution in [0, 0.1) is 18.1 Å². The molecule has 2 aromatic rings. The summed E-state index contributed by atoms with van der Waals surface area (Å²) in [6.45, 7) is 2.44. The Labute approximate surface area is 138 Å². The van der Waals surface area contributed by atoms with Crippen molar-refractivity contribution in [2.45, 2.75) is 13.5 Å². The van der Waals surface area contributed by atoms with Crippen LogP contribution in [0.3, 0.4) is 0 Å². The Morgan fingerprint density at radius 3 is 2.61 bits per heavy atom. The van der Waals surface area contributed by atoms with Crippen LogP contribution in [0.25, 0.3) is 0 Å². The Morgan fingerprint density at radius 2 is 2.00 bits per heavy atom. The minimum Gasteiger partial charge on any atom is -0.467 e. The number of nitrogens with zero attached hydrogens (tertiary/aromatic N) is 3. The van der Waals surface area contributed by atoms with Gasteiger partial charge in [0.1, 0.15) is 0 Å². The molecule has 0 atom stereocenters. The van der Waals surface area contributed by atoms with Gasteiger partial charge in [0.15, 0.2) is 0 Å². The van der Waals surface area contributed by atoms with E-state index in [0.29, 0.717) is 12.6 Å². The summed E-state index contributed by atoms with van der Waals surface area (Å²) < 4.78 is 7.99. The van der Waals surface area contributed by atoms with Crippen molar-refractivity contribution in [2.24, 2.45) is 7.05 Å². The fraction of sp³-hybridized carbons (Fsp3) is 0.412. The van der Waals surface area contributed by atoms with E-state index >= 15 is 0 Å². The molecule has 2 rings (SSSR count). The Morgan fingerprint density at radius 1 is 1.30 bits per heavy atom. The third-order valence-corrected chi connectivity index (χ3v) is 4.05. The number of hydrogen-bond donors (Lipinski definition) is 0. The lowest BCUT2D eigenvalue weighted by Crippen LogP contribution is -2.23. The molecule has 23 heavy (non-hydrogen) atoms. The summed E-state index contributed by atoms with van der Waals surface area (Å²) in [7, 11) is 2.26. The third kappa shape index (κ3) is 4.20. The Bertz CT molecular complexity index is 832. The summed E-state index contributed by atoms with van der Waals surface area (Å²) >= 11 is 0. The average Bonchev–Trinajstić information content (AvgIpc) is 2.75. The molecule has 0 saturated carbocycles. The summed E-state index contributed by atoms with van der Waals surface area (Å²) in [5, 5.41) is 7.38. The van der Waals surface area contributed by atoms with E-state index in [4.69, 9.17) is 4.74 Å². The fourth-order valence-electron chi connectivity index (χ4n) is 2.07. The molecule has 0 N–H and O–H groups in total.